The van der Waals surface area contributed by atoms with Crippen molar-refractivity contribution < 1.29 is 4.74 Å². The first-order valence-corrected chi connectivity index (χ1v) is 6.58. The molecule has 2 aromatic heterocycles. The van der Waals surface area contributed by atoms with Crippen LogP contribution in [0.4, 0.5) is 0 Å². The molecule has 88 valence electrons. The third-order valence-corrected chi connectivity index (χ3v) is 3.38. The number of hydrogen-bond donors (Lipinski definition) is 0. The molecule has 0 unspecified atom stereocenters. The van der Waals surface area contributed by atoms with Crippen LogP contribution in [0.25, 0.3) is 10.2 Å². The largest absolute Gasteiger partial charge is 0.478 e. The van der Waals surface area contributed by atoms with Crippen molar-refractivity contribution in [3.63, 3.8) is 0 Å². The summed E-state index contributed by atoms with van der Waals surface area (Å²) in [5.74, 6) is 0.735. The Kier molecular flexibility index (Phi) is 4.74. The molecule has 16 heavy (non-hydrogen) atoms. The van der Waals surface area contributed by atoms with Gasteiger partial charge in [-0.15, -0.1) is 11.3 Å². The van der Waals surface area contributed by atoms with Crippen molar-refractivity contribution in [1.82, 2.24) is 4.98 Å². The highest BCUT2D eigenvalue weighted by Gasteiger charge is 2.07. The topological polar surface area (TPSA) is 22.1 Å². The molecule has 2 nitrogen and oxygen atoms in total. The number of hydrogen-bond acceptors (Lipinski definition) is 3. The molecule has 0 aliphatic heterocycles. The van der Waals surface area contributed by atoms with Crippen LogP contribution in [0.3, 0.4) is 0 Å². The summed E-state index contributed by atoms with van der Waals surface area (Å²) in [7, 11) is 0. The summed E-state index contributed by atoms with van der Waals surface area (Å²) in [6.07, 6.45) is 0. The van der Waals surface area contributed by atoms with Crippen LogP contribution in [0, 0.1) is 13.8 Å². The summed E-state index contributed by atoms with van der Waals surface area (Å²) in [6, 6.07) is 2.00. The number of aromatic nitrogens is 1. The fourth-order valence-electron chi connectivity index (χ4n) is 1.47. The lowest BCUT2D eigenvalue weighted by atomic mass is 10.2. The molecule has 0 aliphatic rings. The Morgan fingerprint density at radius 1 is 1.25 bits per heavy atom. The lowest BCUT2D eigenvalue weighted by molar-refractivity contribution is 0.328. The van der Waals surface area contributed by atoms with Crippen LogP contribution in [0.15, 0.2) is 11.4 Å². The van der Waals surface area contributed by atoms with Gasteiger partial charge >= 0.3 is 0 Å². The highest BCUT2D eigenvalue weighted by molar-refractivity contribution is 7.17. The highest BCUT2D eigenvalue weighted by Crippen LogP contribution is 2.29. The van der Waals surface area contributed by atoms with Gasteiger partial charge in [-0.2, -0.15) is 0 Å². The number of ether oxygens (including phenoxy) is 1. The summed E-state index contributed by atoms with van der Waals surface area (Å²) in [5, 5.41) is 2.14. The summed E-state index contributed by atoms with van der Waals surface area (Å²) >= 11 is 1.75. The maximum atomic E-state index is 5.41. The summed E-state index contributed by atoms with van der Waals surface area (Å²) in [6.45, 7) is 10.8. The maximum Gasteiger partial charge on any atom is 0.214 e. The zero-order valence-corrected chi connectivity index (χ0v) is 11.4. The van der Waals surface area contributed by atoms with Crippen molar-refractivity contribution in [3.8, 4) is 5.88 Å². The fraction of sp³-hybridized carbons (Fsp3) is 0.462. The molecule has 2 rings (SSSR count). The predicted molar refractivity (Wildman–Crippen MR) is 71.6 cm³/mol. The van der Waals surface area contributed by atoms with Crippen LogP contribution < -0.4 is 4.74 Å². The van der Waals surface area contributed by atoms with Gasteiger partial charge in [0.15, 0.2) is 0 Å². The Bertz CT molecular complexity index is 462. The minimum atomic E-state index is 0.668. The van der Waals surface area contributed by atoms with Gasteiger partial charge < -0.3 is 4.74 Å². The first kappa shape index (κ1) is 13.0. The van der Waals surface area contributed by atoms with Gasteiger partial charge in [0.1, 0.15) is 0 Å². The SMILES string of the molecule is CC.CCOc1cc(C)c2scc(C)c2n1. The van der Waals surface area contributed by atoms with Crippen molar-refractivity contribution in [2.75, 3.05) is 6.61 Å². The van der Waals surface area contributed by atoms with Crippen LogP contribution in [0.5, 0.6) is 5.88 Å². The Labute approximate surface area is 101 Å². The van der Waals surface area contributed by atoms with E-state index in [4.69, 9.17) is 4.74 Å². The Balaban J connectivity index is 0.000000606. The molecule has 0 saturated heterocycles. The molecule has 0 bridgehead atoms. The van der Waals surface area contributed by atoms with Crippen LogP contribution in [0.2, 0.25) is 0 Å². The first-order chi connectivity index (χ1) is 7.72. The van der Waals surface area contributed by atoms with Crippen molar-refractivity contribution in [1.29, 1.82) is 0 Å². The number of pyridine rings is 1. The molecule has 0 amide bonds. The van der Waals surface area contributed by atoms with Gasteiger partial charge in [0, 0.05) is 6.07 Å². The Hall–Kier alpha value is -1.09. The normalized spacial score (nSPS) is 9.81. The van der Waals surface area contributed by atoms with E-state index in [-0.39, 0.29) is 0 Å². The number of nitrogens with zero attached hydrogens (tertiary/aromatic N) is 1. The van der Waals surface area contributed by atoms with Crippen molar-refractivity contribution in [2.45, 2.75) is 34.6 Å². The second-order valence-corrected chi connectivity index (χ2v) is 4.19. The third kappa shape index (κ3) is 2.53. The zero-order valence-electron chi connectivity index (χ0n) is 10.6. The van der Waals surface area contributed by atoms with Crippen LogP contribution in [-0.2, 0) is 0 Å². The molecule has 2 heterocycles. The molecule has 3 heteroatoms. The molecule has 0 aromatic carbocycles. The molecule has 0 atom stereocenters. The number of rotatable bonds is 2. The second kappa shape index (κ2) is 5.85. The van der Waals surface area contributed by atoms with Gasteiger partial charge in [-0.1, -0.05) is 13.8 Å². The van der Waals surface area contributed by atoms with Gasteiger partial charge in [-0.3, -0.25) is 0 Å². The molecule has 0 spiro atoms. The van der Waals surface area contributed by atoms with Gasteiger partial charge in [0.05, 0.1) is 16.8 Å². The van der Waals surface area contributed by atoms with E-state index in [0.29, 0.717) is 6.61 Å². The average molecular weight is 237 g/mol. The standard InChI is InChI=1S/C11H13NOS.C2H6/c1-4-13-9-5-7(2)11-10(12-9)8(3)6-14-11;1-2/h5-6H,4H2,1-3H3;1-2H3. The zero-order chi connectivity index (χ0) is 12.1. The van der Waals surface area contributed by atoms with Gasteiger partial charge in [-0.05, 0) is 37.3 Å². The quantitative estimate of drug-likeness (QED) is 0.775. The number of fused-ring (bicyclic) bond motifs is 1. The molecule has 0 radical (unpaired) electrons. The number of aryl methyl sites for hydroxylation is 2. The van der Waals surface area contributed by atoms with Gasteiger partial charge in [0.2, 0.25) is 5.88 Å². The van der Waals surface area contributed by atoms with E-state index in [1.54, 1.807) is 11.3 Å². The molecule has 0 fully saturated rings. The molecular weight excluding hydrogens is 218 g/mol. The lowest BCUT2D eigenvalue weighted by Gasteiger charge is -2.04. The van der Waals surface area contributed by atoms with Gasteiger partial charge in [-0.25, -0.2) is 4.98 Å². The minimum Gasteiger partial charge on any atom is -0.478 e. The summed E-state index contributed by atoms with van der Waals surface area (Å²) in [4.78, 5) is 4.47. The van der Waals surface area contributed by atoms with Crippen LogP contribution in [-0.4, -0.2) is 11.6 Å². The van der Waals surface area contributed by atoms with Crippen LogP contribution in [0.1, 0.15) is 31.9 Å². The molecule has 2 aromatic rings. The molecular formula is C13H19NOS. The van der Waals surface area contributed by atoms with Crippen LogP contribution >= 0.6 is 11.3 Å². The van der Waals surface area contributed by atoms with E-state index >= 15 is 0 Å². The maximum absolute atomic E-state index is 5.41. The average Bonchev–Trinajstić information content (AvgIpc) is 2.65. The smallest absolute Gasteiger partial charge is 0.214 e. The minimum absolute atomic E-state index is 0.668. The first-order valence-electron chi connectivity index (χ1n) is 5.70. The van der Waals surface area contributed by atoms with Crippen molar-refractivity contribution >= 4 is 21.6 Å². The highest BCUT2D eigenvalue weighted by atomic mass is 32.1. The van der Waals surface area contributed by atoms with E-state index in [1.165, 1.54) is 15.8 Å². The third-order valence-electron chi connectivity index (χ3n) is 2.15. The second-order valence-electron chi connectivity index (χ2n) is 3.31. The summed E-state index contributed by atoms with van der Waals surface area (Å²) in [5.41, 5.74) is 3.56. The lowest BCUT2D eigenvalue weighted by Crippen LogP contribution is -1.95. The van der Waals surface area contributed by atoms with Gasteiger partial charge in [0.25, 0.3) is 0 Å². The Morgan fingerprint density at radius 2 is 1.94 bits per heavy atom. The van der Waals surface area contributed by atoms with E-state index in [2.05, 4.69) is 24.2 Å². The monoisotopic (exact) mass is 237 g/mol. The summed E-state index contributed by atoms with van der Waals surface area (Å²) < 4.78 is 6.68. The van der Waals surface area contributed by atoms with E-state index in [0.717, 1.165) is 11.4 Å². The van der Waals surface area contributed by atoms with E-state index in [9.17, 15) is 0 Å². The molecule has 0 saturated carbocycles. The predicted octanol–water partition coefficient (Wildman–Crippen LogP) is 4.34. The van der Waals surface area contributed by atoms with E-state index in [1.807, 2.05) is 26.8 Å². The Morgan fingerprint density at radius 3 is 2.56 bits per heavy atom. The van der Waals surface area contributed by atoms with E-state index < -0.39 is 0 Å². The number of thiophene rings is 1. The van der Waals surface area contributed by atoms with Crippen molar-refractivity contribution in [3.05, 3.63) is 22.6 Å². The molecule has 0 aliphatic carbocycles. The van der Waals surface area contributed by atoms with Crippen molar-refractivity contribution in [2.24, 2.45) is 0 Å². The fourth-order valence-corrected chi connectivity index (χ4v) is 2.44. The molecule has 0 N–H and O–H groups in total.